The van der Waals surface area contributed by atoms with Crippen LogP contribution in [0.4, 0.5) is 11.8 Å². The number of anilines is 2. The number of hydrogen-bond donors (Lipinski definition) is 3. The molecule has 0 atom stereocenters. The van der Waals surface area contributed by atoms with Crippen LogP contribution < -0.4 is 16.6 Å². The van der Waals surface area contributed by atoms with Crippen molar-refractivity contribution in [1.29, 1.82) is 0 Å². The first-order valence-electron chi connectivity index (χ1n) is 5.51. The zero-order chi connectivity index (χ0) is 13.2. The van der Waals surface area contributed by atoms with E-state index in [2.05, 4.69) is 30.9 Å². The second-order valence-corrected chi connectivity index (χ2v) is 4.67. The van der Waals surface area contributed by atoms with E-state index in [-0.39, 0.29) is 0 Å². The SMILES string of the molecule is Cc1nc(CNc2nc(NN)nc3ccsc23)no1. The number of nitrogens with zero attached hydrogens (tertiary/aromatic N) is 4. The topological polar surface area (TPSA) is 115 Å². The molecule has 4 N–H and O–H groups in total. The van der Waals surface area contributed by atoms with E-state index in [1.54, 1.807) is 18.3 Å². The van der Waals surface area contributed by atoms with Crippen molar-refractivity contribution in [2.45, 2.75) is 13.5 Å². The Balaban J connectivity index is 1.88. The van der Waals surface area contributed by atoms with E-state index in [4.69, 9.17) is 10.4 Å². The maximum atomic E-state index is 5.35. The molecule has 0 saturated carbocycles. The molecule has 98 valence electrons. The lowest BCUT2D eigenvalue weighted by molar-refractivity contribution is 0.388. The van der Waals surface area contributed by atoms with Crippen molar-refractivity contribution >= 4 is 33.3 Å². The summed E-state index contributed by atoms with van der Waals surface area (Å²) in [6.07, 6.45) is 0. The van der Waals surface area contributed by atoms with E-state index in [0.717, 1.165) is 10.2 Å². The maximum Gasteiger partial charge on any atom is 0.239 e. The summed E-state index contributed by atoms with van der Waals surface area (Å²) in [6, 6.07) is 1.91. The molecule has 0 saturated heterocycles. The molecule has 0 radical (unpaired) electrons. The summed E-state index contributed by atoms with van der Waals surface area (Å²) < 4.78 is 5.86. The number of rotatable bonds is 4. The molecule has 0 amide bonds. The largest absolute Gasteiger partial charge is 0.361 e. The molecule has 19 heavy (non-hydrogen) atoms. The van der Waals surface area contributed by atoms with Crippen LogP contribution in [0.25, 0.3) is 10.2 Å². The summed E-state index contributed by atoms with van der Waals surface area (Å²) in [5, 5.41) is 8.92. The molecular weight excluding hydrogens is 266 g/mol. The number of nitrogen functional groups attached to an aromatic ring is 1. The van der Waals surface area contributed by atoms with Crippen molar-refractivity contribution in [1.82, 2.24) is 20.1 Å². The third-order valence-electron chi connectivity index (χ3n) is 2.42. The van der Waals surface area contributed by atoms with Crippen LogP contribution in [0, 0.1) is 6.92 Å². The predicted molar refractivity (Wildman–Crippen MR) is 71.6 cm³/mol. The molecule has 0 unspecified atom stereocenters. The molecule has 0 bridgehead atoms. The van der Waals surface area contributed by atoms with Gasteiger partial charge in [0.15, 0.2) is 5.82 Å². The quantitative estimate of drug-likeness (QED) is 0.482. The summed E-state index contributed by atoms with van der Waals surface area (Å²) in [5.74, 6) is 7.50. The summed E-state index contributed by atoms with van der Waals surface area (Å²) in [5.41, 5.74) is 3.28. The molecular formula is C10H11N7OS. The number of hydrazine groups is 1. The molecule has 0 spiro atoms. The van der Waals surface area contributed by atoms with Gasteiger partial charge in [0.05, 0.1) is 16.8 Å². The summed E-state index contributed by atoms with van der Waals surface area (Å²) in [7, 11) is 0. The minimum Gasteiger partial charge on any atom is -0.361 e. The molecule has 9 heteroatoms. The minimum atomic E-state index is 0.359. The second-order valence-electron chi connectivity index (χ2n) is 3.76. The van der Waals surface area contributed by atoms with E-state index in [1.807, 2.05) is 11.4 Å². The fourth-order valence-electron chi connectivity index (χ4n) is 1.62. The number of nitrogens with two attached hydrogens (primary N) is 1. The number of aromatic nitrogens is 4. The van der Waals surface area contributed by atoms with E-state index in [1.165, 1.54) is 0 Å². The zero-order valence-electron chi connectivity index (χ0n) is 10.0. The van der Waals surface area contributed by atoms with E-state index in [0.29, 0.717) is 30.0 Å². The first kappa shape index (κ1) is 11.8. The molecule has 0 aliphatic carbocycles. The van der Waals surface area contributed by atoms with Crippen molar-refractivity contribution in [2.24, 2.45) is 5.84 Å². The highest BCUT2D eigenvalue weighted by Crippen LogP contribution is 2.27. The Kier molecular flexibility index (Phi) is 2.97. The van der Waals surface area contributed by atoms with Crippen molar-refractivity contribution in [3.63, 3.8) is 0 Å². The molecule has 3 rings (SSSR count). The maximum absolute atomic E-state index is 5.35. The lowest BCUT2D eigenvalue weighted by Crippen LogP contribution is -2.12. The van der Waals surface area contributed by atoms with Gasteiger partial charge in [-0.2, -0.15) is 9.97 Å². The minimum absolute atomic E-state index is 0.359. The van der Waals surface area contributed by atoms with E-state index < -0.39 is 0 Å². The Bertz CT molecular complexity index is 707. The van der Waals surface area contributed by atoms with Crippen LogP contribution in [0.2, 0.25) is 0 Å². The zero-order valence-corrected chi connectivity index (χ0v) is 10.9. The Morgan fingerprint density at radius 3 is 3.00 bits per heavy atom. The van der Waals surface area contributed by atoms with Gasteiger partial charge in [-0.15, -0.1) is 11.3 Å². The normalized spacial score (nSPS) is 10.8. The predicted octanol–water partition coefficient (Wildman–Crippen LogP) is 1.28. The fourth-order valence-corrected chi connectivity index (χ4v) is 2.42. The third-order valence-corrected chi connectivity index (χ3v) is 3.33. The standard InChI is InChI=1S/C10H11N7OS/c1-5-13-7(17-18-5)4-12-9-8-6(2-3-19-8)14-10(15-9)16-11/h2-3H,4,11H2,1H3,(H2,12,14,15,16). The van der Waals surface area contributed by atoms with Crippen LogP contribution >= 0.6 is 11.3 Å². The Morgan fingerprint density at radius 2 is 2.26 bits per heavy atom. The second kappa shape index (κ2) is 4.78. The van der Waals surface area contributed by atoms with E-state index >= 15 is 0 Å². The lowest BCUT2D eigenvalue weighted by atomic mass is 10.4. The number of hydrogen-bond acceptors (Lipinski definition) is 9. The van der Waals surface area contributed by atoms with Crippen LogP contribution in [-0.4, -0.2) is 20.1 Å². The molecule has 8 nitrogen and oxygen atoms in total. The van der Waals surface area contributed by atoms with Crippen molar-refractivity contribution in [3.05, 3.63) is 23.2 Å². The van der Waals surface area contributed by atoms with Gasteiger partial charge in [0.1, 0.15) is 5.82 Å². The molecule has 3 aromatic heterocycles. The van der Waals surface area contributed by atoms with Gasteiger partial charge in [-0.25, -0.2) is 10.8 Å². The van der Waals surface area contributed by atoms with Crippen LogP contribution in [0.3, 0.4) is 0 Å². The fraction of sp³-hybridized carbons (Fsp3) is 0.200. The van der Waals surface area contributed by atoms with Gasteiger partial charge in [-0.1, -0.05) is 5.16 Å². The van der Waals surface area contributed by atoms with Crippen molar-refractivity contribution in [2.75, 3.05) is 10.7 Å². The number of thiophene rings is 1. The van der Waals surface area contributed by atoms with Crippen LogP contribution in [0.5, 0.6) is 0 Å². The van der Waals surface area contributed by atoms with Gasteiger partial charge in [0.2, 0.25) is 11.8 Å². The van der Waals surface area contributed by atoms with Crippen LogP contribution in [0.1, 0.15) is 11.7 Å². The Hall–Kier alpha value is -2.26. The van der Waals surface area contributed by atoms with Crippen LogP contribution in [0.15, 0.2) is 16.0 Å². The summed E-state index contributed by atoms with van der Waals surface area (Å²) in [6.45, 7) is 2.17. The van der Waals surface area contributed by atoms with Crippen molar-refractivity contribution < 1.29 is 4.52 Å². The van der Waals surface area contributed by atoms with Crippen LogP contribution in [-0.2, 0) is 6.54 Å². The highest BCUT2D eigenvalue weighted by atomic mass is 32.1. The molecule has 3 heterocycles. The van der Waals surface area contributed by atoms with Gasteiger partial charge in [0.25, 0.3) is 0 Å². The van der Waals surface area contributed by atoms with Gasteiger partial charge in [0, 0.05) is 6.92 Å². The smallest absolute Gasteiger partial charge is 0.239 e. The molecule has 0 aliphatic rings. The monoisotopic (exact) mass is 277 g/mol. The average Bonchev–Trinajstić information content (AvgIpc) is 3.04. The van der Waals surface area contributed by atoms with Gasteiger partial charge in [-0.05, 0) is 11.4 Å². The lowest BCUT2D eigenvalue weighted by Gasteiger charge is -2.06. The first-order valence-corrected chi connectivity index (χ1v) is 6.39. The molecule has 3 aromatic rings. The molecule has 0 aliphatic heterocycles. The van der Waals surface area contributed by atoms with Crippen molar-refractivity contribution in [3.8, 4) is 0 Å². The number of fused-ring (bicyclic) bond motifs is 1. The number of aryl methyl sites for hydroxylation is 1. The molecule has 0 aromatic carbocycles. The molecule has 0 fully saturated rings. The summed E-state index contributed by atoms with van der Waals surface area (Å²) >= 11 is 1.55. The Labute approximate surface area is 112 Å². The highest BCUT2D eigenvalue weighted by Gasteiger charge is 2.09. The highest BCUT2D eigenvalue weighted by molar-refractivity contribution is 7.17. The van der Waals surface area contributed by atoms with Gasteiger partial charge in [-0.3, -0.25) is 5.43 Å². The van der Waals surface area contributed by atoms with Gasteiger partial charge < -0.3 is 9.84 Å². The first-order chi connectivity index (χ1) is 9.26. The number of nitrogens with one attached hydrogen (secondary N) is 2. The third kappa shape index (κ3) is 2.33. The summed E-state index contributed by atoms with van der Waals surface area (Å²) in [4.78, 5) is 12.6. The van der Waals surface area contributed by atoms with E-state index in [9.17, 15) is 0 Å². The Morgan fingerprint density at radius 1 is 1.37 bits per heavy atom. The average molecular weight is 277 g/mol. The van der Waals surface area contributed by atoms with Gasteiger partial charge >= 0.3 is 0 Å².